The fraction of sp³-hybridized carbons (Fsp3) is 0.909. The van der Waals surface area contributed by atoms with Crippen molar-refractivity contribution in [1.29, 1.82) is 0 Å². The Labute approximate surface area is 98.0 Å². The molecule has 5 nitrogen and oxygen atoms in total. The zero-order valence-electron chi connectivity index (χ0n) is 10.2. The molecule has 0 aromatic carbocycles. The lowest BCUT2D eigenvalue weighted by atomic mass is 10.3. The first-order valence-electron chi connectivity index (χ1n) is 6.06. The van der Waals surface area contributed by atoms with E-state index in [0.29, 0.717) is 12.3 Å². The predicted octanol–water partition coefficient (Wildman–Crippen LogP) is 1.31. The summed E-state index contributed by atoms with van der Waals surface area (Å²) < 4.78 is 5.42. The Hall–Kier alpha value is -0.810. The summed E-state index contributed by atoms with van der Waals surface area (Å²) in [4.78, 5) is 0. The average molecular weight is 231 g/mol. The van der Waals surface area contributed by atoms with Crippen molar-refractivity contribution in [2.24, 2.45) is 10.9 Å². The van der Waals surface area contributed by atoms with Crippen molar-refractivity contribution < 1.29 is 9.94 Å². The molecule has 4 N–H and O–H groups in total. The van der Waals surface area contributed by atoms with Crippen LogP contribution in [0.25, 0.3) is 0 Å². The van der Waals surface area contributed by atoms with E-state index in [0.717, 1.165) is 45.6 Å². The second-order valence-corrected chi connectivity index (χ2v) is 3.76. The van der Waals surface area contributed by atoms with E-state index in [9.17, 15) is 0 Å². The van der Waals surface area contributed by atoms with Crippen LogP contribution in [0, 0.1) is 0 Å². The molecule has 0 aliphatic rings. The van der Waals surface area contributed by atoms with E-state index in [-0.39, 0.29) is 0 Å². The van der Waals surface area contributed by atoms with Gasteiger partial charge in [0.05, 0.1) is 0 Å². The number of nitrogens with two attached hydrogens (primary N) is 1. The number of oxime groups is 1. The molecule has 0 rings (SSSR count). The minimum absolute atomic E-state index is 0.296. The molecule has 0 fully saturated rings. The Morgan fingerprint density at radius 1 is 1.25 bits per heavy atom. The summed E-state index contributed by atoms with van der Waals surface area (Å²) in [6, 6.07) is 0. The number of hydrogen-bond acceptors (Lipinski definition) is 4. The summed E-state index contributed by atoms with van der Waals surface area (Å²) in [6.07, 6.45) is 4.90. The molecule has 5 heteroatoms. The van der Waals surface area contributed by atoms with Crippen molar-refractivity contribution in [3.8, 4) is 0 Å². The molecular weight excluding hydrogens is 206 g/mol. The third-order valence-electron chi connectivity index (χ3n) is 2.20. The summed E-state index contributed by atoms with van der Waals surface area (Å²) in [5.41, 5.74) is 5.33. The summed E-state index contributed by atoms with van der Waals surface area (Å²) >= 11 is 0. The zero-order chi connectivity index (χ0) is 12.1. The highest BCUT2D eigenvalue weighted by Crippen LogP contribution is 1.90. The van der Waals surface area contributed by atoms with Gasteiger partial charge >= 0.3 is 0 Å². The van der Waals surface area contributed by atoms with Gasteiger partial charge in [0, 0.05) is 19.6 Å². The third kappa shape index (κ3) is 11.3. The van der Waals surface area contributed by atoms with Crippen LogP contribution in [0.4, 0.5) is 0 Å². The van der Waals surface area contributed by atoms with Crippen LogP contribution in [0.2, 0.25) is 0 Å². The third-order valence-corrected chi connectivity index (χ3v) is 2.20. The second kappa shape index (κ2) is 12.3. The van der Waals surface area contributed by atoms with Crippen molar-refractivity contribution in [3.05, 3.63) is 0 Å². The van der Waals surface area contributed by atoms with Crippen molar-refractivity contribution in [2.45, 2.75) is 39.0 Å². The molecule has 0 aromatic heterocycles. The number of nitrogens with one attached hydrogen (secondary N) is 1. The van der Waals surface area contributed by atoms with E-state index in [2.05, 4.69) is 17.4 Å². The lowest BCUT2D eigenvalue weighted by Crippen LogP contribution is -2.20. The van der Waals surface area contributed by atoms with Gasteiger partial charge in [-0.2, -0.15) is 0 Å². The highest BCUT2D eigenvalue weighted by molar-refractivity contribution is 5.79. The molecule has 0 saturated heterocycles. The zero-order valence-corrected chi connectivity index (χ0v) is 10.2. The number of nitrogens with zero attached hydrogens (tertiary/aromatic N) is 1. The first-order chi connectivity index (χ1) is 7.81. The second-order valence-electron chi connectivity index (χ2n) is 3.76. The number of unbranched alkanes of at least 4 members (excludes halogenated alkanes) is 1. The molecular formula is C11H25N3O2. The van der Waals surface area contributed by atoms with Gasteiger partial charge in [0.25, 0.3) is 0 Å². The van der Waals surface area contributed by atoms with Gasteiger partial charge in [-0.15, -0.1) is 0 Å². The topological polar surface area (TPSA) is 79.9 Å². The van der Waals surface area contributed by atoms with Gasteiger partial charge in [0.1, 0.15) is 5.84 Å². The van der Waals surface area contributed by atoms with E-state index in [1.54, 1.807) is 0 Å². The van der Waals surface area contributed by atoms with Gasteiger partial charge in [-0.3, -0.25) is 0 Å². The van der Waals surface area contributed by atoms with E-state index in [1.165, 1.54) is 6.42 Å². The molecule has 0 bridgehead atoms. The van der Waals surface area contributed by atoms with Crippen LogP contribution in [0.1, 0.15) is 39.0 Å². The van der Waals surface area contributed by atoms with Crippen LogP contribution < -0.4 is 11.1 Å². The van der Waals surface area contributed by atoms with Gasteiger partial charge in [-0.1, -0.05) is 18.5 Å². The van der Waals surface area contributed by atoms with Crippen LogP contribution in [-0.4, -0.2) is 37.3 Å². The van der Waals surface area contributed by atoms with Gasteiger partial charge in [0.2, 0.25) is 0 Å². The number of ether oxygens (including phenoxy) is 1. The number of hydrogen-bond donors (Lipinski definition) is 3. The maximum absolute atomic E-state index is 8.30. The Balaban J connectivity index is 2.99. The van der Waals surface area contributed by atoms with Crippen molar-refractivity contribution in [2.75, 3.05) is 26.3 Å². The minimum atomic E-state index is 0.296. The maximum atomic E-state index is 8.30. The van der Waals surface area contributed by atoms with Crippen LogP contribution in [0.3, 0.4) is 0 Å². The molecule has 96 valence electrons. The van der Waals surface area contributed by atoms with Crippen molar-refractivity contribution in [1.82, 2.24) is 5.32 Å². The van der Waals surface area contributed by atoms with Crippen molar-refractivity contribution >= 4 is 5.84 Å². The molecule has 0 radical (unpaired) electrons. The minimum Gasteiger partial charge on any atom is -0.409 e. The fourth-order valence-electron chi connectivity index (χ4n) is 1.22. The molecule has 0 spiro atoms. The van der Waals surface area contributed by atoms with Gasteiger partial charge in [0.15, 0.2) is 0 Å². The van der Waals surface area contributed by atoms with Gasteiger partial charge in [-0.25, -0.2) is 0 Å². The first kappa shape index (κ1) is 15.2. The molecule has 0 atom stereocenters. The summed E-state index contributed by atoms with van der Waals surface area (Å²) in [7, 11) is 0. The number of amidine groups is 1. The Bertz CT molecular complexity index is 175. The lowest BCUT2D eigenvalue weighted by Gasteiger charge is -2.05. The summed E-state index contributed by atoms with van der Waals surface area (Å²) in [5, 5.41) is 14.5. The molecule has 0 unspecified atom stereocenters. The highest BCUT2D eigenvalue weighted by atomic mass is 16.5. The molecule has 0 amide bonds. The van der Waals surface area contributed by atoms with E-state index in [1.807, 2.05) is 0 Å². The van der Waals surface area contributed by atoms with Crippen molar-refractivity contribution in [3.63, 3.8) is 0 Å². The monoisotopic (exact) mass is 231 g/mol. The Morgan fingerprint density at radius 2 is 1.94 bits per heavy atom. The van der Waals surface area contributed by atoms with Gasteiger partial charge < -0.3 is 21.0 Å². The maximum Gasteiger partial charge on any atom is 0.139 e. The highest BCUT2D eigenvalue weighted by Gasteiger charge is 1.93. The van der Waals surface area contributed by atoms with Crippen LogP contribution in [-0.2, 0) is 4.74 Å². The fourth-order valence-corrected chi connectivity index (χ4v) is 1.22. The van der Waals surface area contributed by atoms with Crippen LogP contribution in [0.5, 0.6) is 0 Å². The predicted molar refractivity (Wildman–Crippen MR) is 65.9 cm³/mol. The van der Waals surface area contributed by atoms with Gasteiger partial charge in [-0.05, 0) is 32.4 Å². The van der Waals surface area contributed by atoms with Crippen LogP contribution in [0.15, 0.2) is 5.16 Å². The standard InChI is InChI=1S/C11H25N3O2/c1-2-3-9-16-10-5-8-13-7-4-6-11(12)14-15/h13,15H,2-10H2,1H3,(H2,12,14). The molecule has 0 aliphatic carbocycles. The van der Waals surface area contributed by atoms with Crippen LogP contribution >= 0.6 is 0 Å². The normalized spacial score (nSPS) is 11.9. The molecule has 0 heterocycles. The van der Waals surface area contributed by atoms with E-state index < -0.39 is 0 Å². The lowest BCUT2D eigenvalue weighted by molar-refractivity contribution is 0.129. The van der Waals surface area contributed by atoms with E-state index >= 15 is 0 Å². The van der Waals surface area contributed by atoms with E-state index in [4.69, 9.17) is 15.7 Å². The molecule has 0 aromatic rings. The quantitative estimate of drug-likeness (QED) is 0.165. The molecule has 0 saturated carbocycles. The SMILES string of the molecule is CCCCOCCCNCCCC(N)=NO. The largest absolute Gasteiger partial charge is 0.409 e. The average Bonchev–Trinajstić information content (AvgIpc) is 2.31. The Kier molecular flexibility index (Phi) is 11.6. The summed E-state index contributed by atoms with van der Waals surface area (Å²) in [6.45, 7) is 5.72. The summed E-state index contributed by atoms with van der Waals surface area (Å²) in [5.74, 6) is 0.296. The molecule has 16 heavy (non-hydrogen) atoms. The number of rotatable bonds is 11. The Morgan fingerprint density at radius 3 is 2.62 bits per heavy atom. The molecule has 0 aliphatic heterocycles. The smallest absolute Gasteiger partial charge is 0.139 e. The first-order valence-corrected chi connectivity index (χ1v) is 6.06.